The van der Waals surface area contributed by atoms with Gasteiger partial charge in [-0.3, -0.25) is 0 Å². The molecule has 15 heavy (non-hydrogen) atoms. The van der Waals surface area contributed by atoms with Gasteiger partial charge in [-0.15, -0.1) is 0 Å². The molecule has 1 aromatic rings. The van der Waals surface area contributed by atoms with Gasteiger partial charge in [0.05, 0.1) is 6.61 Å². The first-order valence-corrected chi connectivity index (χ1v) is 4.97. The van der Waals surface area contributed by atoms with Gasteiger partial charge in [-0.2, -0.15) is 0 Å². The van der Waals surface area contributed by atoms with Crippen LogP contribution in [0.25, 0.3) is 6.08 Å². The Kier molecular flexibility index (Phi) is 4.84. The van der Waals surface area contributed by atoms with E-state index in [4.69, 9.17) is 9.84 Å². The first-order valence-electron chi connectivity index (χ1n) is 4.97. The molecule has 1 N–H and O–H groups in total. The molecular formula is C12H15FO2. The number of aliphatic hydroxyl groups is 1. The highest BCUT2D eigenvalue weighted by atomic mass is 19.1. The summed E-state index contributed by atoms with van der Waals surface area (Å²) in [6.07, 6.45) is 4.10. The number of aliphatic hydroxyl groups excluding tert-OH is 1. The van der Waals surface area contributed by atoms with Gasteiger partial charge >= 0.3 is 0 Å². The van der Waals surface area contributed by atoms with E-state index in [1.807, 2.05) is 6.92 Å². The molecule has 0 bridgehead atoms. The number of hydrogen-bond acceptors (Lipinski definition) is 2. The zero-order valence-electron chi connectivity index (χ0n) is 8.74. The van der Waals surface area contributed by atoms with Crippen LogP contribution < -0.4 is 4.74 Å². The lowest BCUT2D eigenvalue weighted by Crippen LogP contribution is -1.94. The lowest BCUT2D eigenvalue weighted by atomic mass is 10.1. The topological polar surface area (TPSA) is 29.5 Å². The van der Waals surface area contributed by atoms with Crippen LogP contribution in [0.4, 0.5) is 4.39 Å². The third kappa shape index (κ3) is 3.72. The van der Waals surface area contributed by atoms with Crippen LogP contribution >= 0.6 is 0 Å². The number of ether oxygens (including phenoxy) is 1. The Labute approximate surface area is 89.0 Å². The van der Waals surface area contributed by atoms with E-state index in [9.17, 15) is 4.39 Å². The van der Waals surface area contributed by atoms with Gasteiger partial charge in [0.25, 0.3) is 0 Å². The van der Waals surface area contributed by atoms with Gasteiger partial charge in [-0.25, -0.2) is 4.39 Å². The summed E-state index contributed by atoms with van der Waals surface area (Å²) in [4.78, 5) is 0. The highest BCUT2D eigenvalue weighted by molar-refractivity contribution is 5.57. The van der Waals surface area contributed by atoms with Crippen molar-refractivity contribution in [2.75, 3.05) is 13.2 Å². The van der Waals surface area contributed by atoms with Crippen LogP contribution in [0.15, 0.2) is 24.3 Å². The maximum atomic E-state index is 13.0. The number of benzene rings is 1. The van der Waals surface area contributed by atoms with Crippen molar-refractivity contribution in [1.82, 2.24) is 0 Å². The molecule has 0 aliphatic carbocycles. The fraction of sp³-hybridized carbons (Fsp3) is 0.333. The van der Waals surface area contributed by atoms with E-state index in [0.717, 1.165) is 0 Å². The predicted octanol–water partition coefficient (Wildman–Crippen LogP) is 2.62. The van der Waals surface area contributed by atoms with Gasteiger partial charge in [0.1, 0.15) is 11.6 Å². The van der Waals surface area contributed by atoms with Gasteiger partial charge in [-0.1, -0.05) is 12.2 Å². The highest BCUT2D eigenvalue weighted by Gasteiger charge is 2.01. The third-order valence-corrected chi connectivity index (χ3v) is 1.86. The molecule has 0 atom stereocenters. The second kappa shape index (κ2) is 6.19. The van der Waals surface area contributed by atoms with Crippen LogP contribution in [0.1, 0.15) is 18.9 Å². The summed E-state index contributed by atoms with van der Waals surface area (Å²) in [5.41, 5.74) is 0.699. The molecule has 2 nitrogen and oxygen atoms in total. The Hall–Kier alpha value is -1.35. The molecule has 0 saturated carbocycles. The van der Waals surface area contributed by atoms with Crippen LogP contribution in [0.3, 0.4) is 0 Å². The maximum absolute atomic E-state index is 13.0. The Bertz CT molecular complexity index is 334. The van der Waals surface area contributed by atoms with Crippen LogP contribution in [-0.4, -0.2) is 18.3 Å². The second-order valence-electron chi connectivity index (χ2n) is 3.03. The molecule has 0 fully saturated rings. The van der Waals surface area contributed by atoms with Crippen molar-refractivity contribution >= 4 is 6.08 Å². The molecule has 0 saturated heterocycles. The summed E-state index contributed by atoms with van der Waals surface area (Å²) in [6.45, 7) is 2.52. The molecule has 0 spiro atoms. The Morgan fingerprint density at radius 1 is 1.47 bits per heavy atom. The zero-order valence-corrected chi connectivity index (χ0v) is 8.74. The number of rotatable bonds is 5. The quantitative estimate of drug-likeness (QED) is 0.809. The lowest BCUT2D eigenvalue weighted by Gasteiger charge is -2.06. The molecule has 1 rings (SSSR count). The smallest absolute Gasteiger partial charge is 0.126 e. The van der Waals surface area contributed by atoms with E-state index in [0.29, 0.717) is 24.3 Å². The fourth-order valence-corrected chi connectivity index (χ4v) is 1.22. The fourth-order valence-electron chi connectivity index (χ4n) is 1.22. The average Bonchev–Trinajstić information content (AvgIpc) is 2.22. The summed E-state index contributed by atoms with van der Waals surface area (Å²) in [5.74, 6) is 0.371. The minimum Gasteiger partial charge on any atom is -0.493 e. The molecule has 3 heteroatoms. The Morgan fingerprint density at radius 2 is 2.27 bits per heavy atom. The van der Waals surface area contributed by atoms with E-state index in [1.165, 1.54) is 12.1 Å². The van der Waals surface area contributed by atoms with Crippen LogP contribution in [0.2, 0.25) is 0 Å². The van der Waals surface area contributed by atoms with Gasteiger partial charge in [-0.05, 0) is 31.5 Å². The van der Waals surface area contributed by atoms with Crippen LogP contribution in [0.5, 0.6) is 5.75 Å². The van der Waals surface area contributed by atoms with E-state index >= 15 is 0 Å². The number of halogens is 1. The van der Waals surface area contributed by atoms with Crippen molar-refractivity contribution in [3.63, 3.8) is 0 Å². The summed E-state index contributed by atoms with van der Waals surface area (Å²) in [5, 5.41) is 8.61. The molecule has 0 radical (unpaired) electrons. The molecule has 0 aliphatic heterocycles. The van der Waals surface area contributed by atoms with E-state index in [-0.39, 0.29) is 12.4 Å². The van der Waals surface area contributed by atoms with E-state index in [1.54, 1.807) is 18.2 Å². The molecule has 82 valence electrons. The van der Waals surface area contributed by atoms with Crippen LogP contribution in [-0.2, 0) is 0 Å². The minimum absolute atomic E-state index is 0.0930. The van der Waals surface area contributed by atoms with Gasteiger partial charge in [0, 0.05) is 12.2 Å². The van der Waals surface area contributed by atoms with Gasteiger partial charge in [0.15, 0.2) is 0 Å². The summed E-state index contributed by atoms with van der Waals surface area (Å²) < 4.78 is 18.3. The first-order chi connectivity index (χ1) is 7.27. The normalized spacial score (nSPS) is 10.9. The minimum atomic E-state index is -0.290. The molecule has 0 unspecified atom stereocenters. The average molecular weight is 210 g/mol. The Morgan fingerprint density at radius 3 is 2.93 bits per heavy atom. The molecule has 0 aromatic heterocycles. The predicted molar refractivity (Wildman–Crippen MR) is 58.3 cm³/mol. The summed E-state index contributed by atoms with van der Waals surface area (Å²) in [6, 6.07) is 4.39. The SMILES string of the molecule is CCOc1ccc(F)cc1C=CCCO. The third-order valence-electron chi connectivity index (χ3n) is 1.86. The second-order valence-corrected chi connectivity index (χ2v) is 3.03. The monoisotopic (exact) mass is 210 g/mol. The maximum Gasteiger partial charge on any atom is 0.126 e. The highest BCUT2D eigenvalue weighted by Crippen LogP contribution is 2.21. The van der Waals surface area contributed by atoms with Gasteiger partial charge < -0.3 is 9.84 Å². The van der Waals surface area contributed by atoms with Crippen molar-refractivity contribution in [2.45, 2.75) is 13.3 Å². The first kappa shape index (κ1) is 11.7. The molecule has 1 aromatic carbocycles. The van der Waals surface area contributed by atoms with Crippen molar-refractivity contribution in [3.05, 3.63) is 35.7 Å². The Balaban J connectivity index is 2.86. The summed E-state index contributed by atoms with van der Waals surface area (Å²) in [7, 11) is 0. The molecule has 0 amide bonds. The largest absolute Gasteiger partial charge is 0.493 e. The summed E-state index contributed by atoms with van der Waals surface area (Å²) >= 11 is 0. The molecular weight excluding hydrogens is 195 g/mol. The van der Waals surface area contributed by atoms with Crippen LogP contribution in [0, 0.1) is 5.82 Å². The van der Waals surface area contributed by atoms with E-state index < -0.39 is 0 Å². The molecule has 0 aliphatic rings. The van der Waals surface area contributed by atoms with Crippen molar-refractivity contribution in [1.29, 1.82) is 0 Å². The molecule has 0 heterocycles. The van der Waals surface area contributed by atoms with E-state index in [2.05, 4.69) is 0 Å². The van der Waals surface area contributed by atoms with Crippen molar-refractivity contribution in [3.8, 4) is 5.75 Å². The van der Waals surface area contributed by atoms with Gasteiger partial charge in [0.2, 0.25) is 0 Å². The number of hydrogen-bond donors (Lipinski definition) is 1. The lowest BCUT2D eigenvalue weighted by molar-refractivity contribution is 0.303. The standard InChI is InChI=1S/C12H15FO2/c1-2-15-12-7-6-11(13)9-10(12)5-3-4-8-14/h3,5-7,9,14H,2,4,8H2,1H3. The van der Waals surface area contributed by atoms with Crippen molar-refractivity contribution in [2.24, 2.45) is 0 Å². The zero-order chi connectivity index (χ0) is 11.1. The van der Waals surface area contributed by atoms with Crippen molar-refractivity contribution < 1.29 is 14.2 Å².